The maximum absolute atomic E-state index is 3.78. The van der Waals surface area contributed by atoms with E-state index in [1.54, 1.807) is 11.8 Å². The first-order valence-electron chi connectivity index (χ1n) is 7.69. The maximum atomic E-state index is 3.78. The third kappa shape index (κ3) is 4.62. The van der Waals surface area contributed by atoms with Crippen LogP contribution in [0.2, 0.25) is 0 Å². The molecule has 0 bridgehead atoms. The average Bonchev–Trinajstić information content (AvgIpc) is 2.55. The molecule has 21 heavy (non-hydrogen) atoms. The van der Waals surface area contributed by atoms with Gasteiger partial charge in [0.1, 0.15) is 0 Å². The van der Waals surface area contributed by atoms with Crippen LogP contribution in [0.25, 0.3) is 0 Å². The molecule has 0 aliphatic heterocycles. The molecule has 2 unspecified atom stereocenters. The number of thioether (sulfide) groups is 1. The second kappa shape index (κ2) is 8.26. The minimum Gasteiger partial charge on any atom is -0.303 e. The van der Waals surface area contributed by atoms with Crippen LogP contribution >= 0.6 is 11.8 Å². The maximum Gasteiger partial charge on any atom is 0.0325 e. The molecule has 1 nitrogen and oxygen atoms in total. The highest BCUT2D eigenvalue weighted by Gasteiger charge is 2.14. The molecule has 0 fully saturated rings. The van der Waals surface area contributed by atoms with E-state index in [2.05, 4.69) is 80.0 Å². The van der Waals surface area contributed by atoms with Crippen LogP contribution in [0.1, 0.15) is 49.9 Å². The number of rotatable bonds is 7. The summed E-state index contributed by atoms with van der Waals surface area (Å²) < 4.78 is 0. The van der Waals surface area contributed by atoms with Crippen molar-refractivity contribution in [3.05, 3.63) is 65.7 Å². The average molecular weight is 299 g/mol. The number of hydrogen-bond acceptors (Lipinski definition) is 2. The molecular weight excluding hydrogens is 274 g/mol. The molecule has 2 aromatic rings. The normalized spacial score (nSPS) is 13.9. The Balaban J connectivity index is 2.08. The lowest BCUT2D eigenvalue weighted by Crippen LogP contribution is -2.24. The van der Waals surface area contributed by atoms with Crippen molar-refractivity contribution >= 4 is 11.8 Å². The van der Waals surface area contributed by atoms with Crippen molar-refractivity contribution in [2.24, 2.45) is 0 Å². The van der Waals surface area contributed by atoms with E-state index in [1.165, 1.54) is 22.4 Å². The highest BCUT2D eigenvalue weighted by atomic mass is 32.2. The molecule has 0 aliphatic carbocycles. The van der Waals surface area contributed by atoms with Gasteiger partial charge in [-0.05, 0) is 42.9 Å². The summed E-state index contributed by atoms with van der Waals surface area (Å²) in [7, 11) is 0. The van der Waals surface area contributed by atoms with Gasteiger partial charge >= 0.3 is 0 Å². The highest BCUT2D eigenvalue weighted by molar-refractivity contribution is 7.98. The Bertz CT molecular complexity index is 521. The quantitative estimate of drug-likeness (QED) is 0.668. The van der Waals surface area contributed by atoms with Gasteiger partial charge < -0.3 is 5.32 Å². The molecule has 0 radical (unpaired) electrons. The molecule has 0 heterocycles. The van der Waals surface area contributed by atoms with Gasteiger partial charge in [-0.1, -0.05) is 55.8 Å². The molecular formula is C19H25NS. The molecule has 0 saturated carbocycles. The van der Waals surface area contributed by atoms with E-state index >= 15 is 0 Å². The minimum absolute atomic E-state index is 0.359. The molecule has 2 aromatic carbocycles. The molecule has 0 saturated heterocycles. The fraction of sp³-hybridized carbons (Fsp3) is 0.368. The van der Waals surface area contributed by atoms with Crippen LogP contribution in [0.15, 0.2) is 59.5 Å². The van der Waals surface area contributed by atoms with Gasteiger partial charge in [-0.2, -0.15) is 0 Å². The Kier molecular flexibility index (Phi) is 6.34. The Hall–Kier alpha value is -1.25. The van der Waals surface area contributed by atoms with E-state index in [4.69, 9.17) is 0 Å². The Labute approximate surface area is 133 Å². The van der Waals surface area contributed by atoms with Crippen LogP contribution in [0.5, 0.6) is 0 Å². The van der Waals surface area contributed by atoms with Crippen LogP contribution in [0.4, 0.5) is 0 Å². The molecule has 0 spiro atoms. The third-order valence-electron chi connectivity index (χ3n) is 3.85. The van der Waals surface area contributed by atoms with Crippen LogP contribution in [-0.2, 0) is 0 Å². The smallest absolute Gasteiger partial charge is 0.0325 e. The van der Waals surface area contributed by atoms with E-state index in [0.29, 0.717) is 12.1 Å². The predicted molar refractivity (Wildman–Crippen MR) is 93.9 cm³/mol. The predicted octanol–water partition coefficient (Wildman–Crippen LogP) is 5.60. The fourth-order valence-corrected chi connectivity index (χ4v) is 3.02. The summed E-state index contributed by atoms with van der Waals surface area (Å²) in [5.41, 5.74) is 2.73. The van der Waals surface area contributed by atoms with Crippen molar-refractivity contribution in [1.29, 1.82) is 0 Å². The Morgan fingerprint density at radius 2 is 1.62 bits per heavy atom. The van der Waals surface area contributed by atoms with Gasteiger partial charge in [0.05, 0.1) is 0 Å². The first kappa shape index (κ1) is 16.1. The molecule has 0 aliphatic rings. The van der Waals surface area contributed by atoms with E-state index in [0.717, 1.165) is 6.42 Å². The summed E-state index contributed by atoms with van der Waals surface area (Å²) in [5.74, 6) is 0. The van der Waals surface area contributed by atoms with Crippen LogP contribution in [0.3, 0.4) is 0 Å². The van der Waals surface area contributed by atoms with Crippen LogP contribution < -0.4 is 5.32 Å². The summed E-state index contributed by atoms with van der Waals surface area (Å²) in [6, 6.07) is 20.4. The topological polar surface area (TPSA) is 12.0 Å². The van der Waals surface area contributed by atoms with E-state index in [1.807, 2.05) is 0 Å². The lowest BCUT2D eigenvalue weighted by Gasteiger charge is -2.24. The highest BCUT2D eigenvalue weighted by Crippen LogP contribution is 2.24. The van der Waals surface area contributed by atoms with Crippen molar-refractivity contribution in [3.63, 3.8) is 0 Å². The molecule has 112 valence electrons. The van der Waals surface area contributed by atoms with Gasteiger partial charge in [-0.3, -0.25) is 0 Å². The number of benzene rings is 2. The first-order valence-corrected chi connectivity index (χ1v) is 8.92. The Morgan fingerprint density at radius 1 is 0.952 bits per heavy atom. The monoisotopic (exact) mass is 299 g/mol. The number of nitrogens with one attached hydrogen (secondary N) is 1. The standard InChI is InChI=1S/C19H25NS/c1-4-8-19(17-9-6-5-7-10-17)20-15(2)16-11-13-18(21-3)14-12-16/h5-7,9-15,19-20H,4,8H2,1-3H3. The molecule has 1 N–H and O–H groups in total. The molecule has 0 aromatic heterocycles. The molecule has 2 heteroatoms. The second-order valence-electron chi connectivity index (χ2n) is 5.41. The van der Waals surface area contributed by atoms with Crippen molar-refractivity contribution < 1.29 is 0 Å². The summed E-state index contributed by atoms with van der Waals surface area (Å²) in [4.78, 5) is 1.32. The molecule has 2 rings (SSSR count). The minimum atomic E-state index is 0.359. The third-order valence-corrected chi connectivity index (χ3v) is 4.59. The SMILES string of the molecule is CCCC(NC(C)c1ccc(SC)cc1)c1ccccc1. The van der Waals surface area contributed by atoms with E-state index in [-0.39, 0.29) is 0 Å². The van der Waals surface area contributed by atoms with Gasteiger partial charge in [0, 0.05) is 17.0 Å². The zero-order valence-corrected chi connectivity index (χ0v) is 14.0. The van der Waals surface area contributed by atoms with Gasteiger partial charge in [0.25, 0.3) is 0 Å². The van der Waals surface area contributed by atoms with Gasteiger partial charge in [0.2, 0.25) is 0 Å². The first-order chi connectivity index (χ1) is 10.2. The lowest BCUT2D eigenvalue weighted by atomic mass is 10.00. The van der Waals surface area contributed by atoms with Crippen molar-refractivity contribution in [3.8, 4) is 0 Å². The zero-order valence-electron chi connectivity index (χ0n) is 13.2. The summed E-state index contributed by atoms with van der Waals surface area (Å²) >= 11 is 1.79. The second-order valence-corrected chi connectivity index (χ2v) is 6.29. The van der Waals surface area contributed by atoms with Gasteiger partial charge in [-0.25, -0.2) is 0 Å². The van der Waals surface area contributed by atoms with Crippen molar-refractivity contribution in [2.45, 2.75) is 43.7 Å². The summed E-state index contributed by atoms with van der Waals surface area (Å²) in [6.07, 6.45) is 4.46. The van der Waals surface area contributed by atoms with Crippen molar-refractivity contribution in [2.75, 3.05) is 6.26 Å². The molecule has 2 atom stereocenters. The van der Waals surface area contributed by atoms with E-state index < -0.39 is 0 Å². The van der Waals surface area contributed by atoms with E-state index in [9.17, 15) is 0 Å². The van der Waals surface area contributed by atoms with Crippen molar-refractivity contribution in [1.82, 2.24) is 5.32 Å². The largest absolute Gasteiger partial charge is 0.303 e. The van der Waals surface area contributed by atoms with Gasteiger partial charge in [-0.15, -0.1) is 11.8 Å². The zero-order chi connectivity index (χ0) is 15.1. The molecule has 0 amide bonds. The number of hydrogen-bond donors (Lipinski definition) is 1. The summed E-state index contributed by atoms with van der Waals surface area (Å²) in [6.45, 7) is 4.50. The lowest BCUT2D eigenvalue weighted by molar-refractivity contribution is 0.439. The Morgan fingerprint density at radius 3 is 2.19 bits per heavy atom. The van der Waals surface area contributed by atoms with Crippen LogP contribution in [-0.4, -0.2) is 6.26 Å². The van der Waals surface area contributed by atoms with Crippen LogP contribution in [0, 0.1) is 0 Å². The van der Waals surface area contributed by atoms with Gasteiger partial charge in [0.15, 0.2) is 0 Å². The fourth-order valence-electron chi connectivity index (χ4n) is 2.61. The summed E-state index contributed by atoms with van der Waals surface area (Å²) in [5, 5.41) is 3.78.